The molecule has 0 saturated carbocycles. The smallest absolute Gasteiger partial charge is 0.0611 e. The van der Waals surface area contributed by atoms with Crippen molar-refractivity contribution >= 4 is 38.0 Å². The molecular weight excluding hydrogens is 444 g/mol. The number of benzene rings is 1. The number of hydrogen-bond acceptors (Lipinski definition) is 2. The molecule has 0 unspecified atom stereocenters. The van der Waals surface area contributed by atoms with E-state index in [1.165, 1.54) is 31.7 Å². The van der Waals surface area contributed by atoms with Gasteiger partial charge >= 0.3 is 0 Å². The summed E-state index contributed by atoms with van der Waals surface area (Å²) in [5.41, 5.74) is 4.69. The molecule has 0 aliphatic rings. The van der Waals surface area contributed by atoms with Crippen molar-refractivity contribution in [2.75, 3.05) is 0 Å². The zero-order chi connectivity index (χ0) is 13.1. The van der Waals surface area contributed by atoms with Gasteiger partial charge in [0.25, 0.3) is 0 Å². The van der Waals surface area contributed by atoms with Gasteiger partial charge in [-0.25, -0.2) is 0 Å². The van der Waals surface area contributed by atoms with Crippen molar-refractivity contribution in [2.45, 2.75) is 20.8 Å². The van der Waals surface area contributed by atoms with Gasteiger partial charge in [-0.15, -0.1) is 35.1 Å². The molecule has 4 heteroatoms. The second kappa shape index (κ2) is 4.66. The number of rotatable bonds is 0. The van der Waals surface area contributed by atoms with Crippen LogP contribution in [0.5, 0.6) is 0 Å². The van der Waals surface area contributed by atoms with Gasteiger partial charge in [-0.05, 0) is 19.9 Å². The number of fused-ring (bicyclic) bond motifs is 6. The summed E-state index contributed by atoms with van der Waals surface area (Å²) in [7, 11) is 0. The third-order valence-corrected chi connectivity index (χ3v) is 4.64. The predicted octanol–water partition coefficient (Wildman–Crippen LogP) is 4.43. The van der Waals surface area contributed by atoms with E-state index in [0.29, 0.717) is 0 Å². The number of aromatic nitrogens is 2. The van der Waals surface area contributed by atoms with E-state index in [1.54, 1.807) is 0 Å². The van der Waals surface area contributed by atoms with Gasteiger partial charge in [0.1, 0.15) is 0 Å². The monoisotopic (exact) mass is 458 g/mol. The Bertz CT molecular complexity index is 949. The van der Waals surface area contributed by atoms with Crippen LogP contribution in [0.15, 0.2) is 24.4 Å². The minimum absolute atomic E-state index is 0. The number of hydrogen-bond donors (Lipinski definition) is 0. The van der Waals surface area contributed by atoms with Crippen LogP contribution in [0.4, 0.5) is 0 Å². The summed E-state index contributed by atoms with van der Waals surface area (Å²) in [4.78, 5) is 5.90. The zero-order valence-electron chi connectivity index (χ0n) is 11.4. The Labute approximate surface area is 134 Å². The van der Waals surface area contributed by atoms with Crippen LogP contribution >= 0.6 is 11.3 Å². The number of imidazole rings is 1. The second-order valence-corrected chi connectivity index (χ2v) is 6.35. The molecule has 0 amide bonds. The van der Waals surface area contributed by atoms with Crippen LogP contribution < -0.4 is 0 Å². The van der Waals surface area contributed by atoms with Crippen LogP contribution in [0, 0.1) is 26.8 Å². The van der Waals surface area contributed by atoms with E-state index in [-0.39, 0.29) is 20.1 Å². The third kappa shape index (κ3) is 1.76. The van der Waals surface area contributed by atoms with E-state index in [4.69, 9.17) is 0 Å². The molecule has 0 saturated heterocycles. The number of nitrogens with zero attached hydrogens (tertiary/aromatic N) is 2. The summed E-state index contributed by atoms with van der Waals surface area (Å²) < 4.78 is 3.58. The van der Waals surface area contributed by atoms with Crippen LogP contribution in [0.3, 0.4) is 0 Å². The summed E-state index contributed by atoms with van der Waals surface area (Å²) in [5, 5.41) is 2.39. The molecule has 4 aromatic rings. The molecule has 0 aliphatic heterocycles. The van der Waals surface area contributed by atoms with Crippen LogP contribution in [0.1, 0.15) is 16.1 Å². The van der Waals surface area contributed by atoms with E-state index >= 15 is 0 Å². The Morgan fingerprint density at radius 2 is 2.00 bits per heavy atom. The van der Waals surface area contributed by atoms with Gasteiger partial charge in [0.15, 0.2) is 0 Å². The van der Waals surface area contributed by atoms with Gasteiger partial charge in [0, 0.05) is 47.1 Å². The fourth-order valence-electron chi connectivity index (χ4n) is 2.75. The predicted molar refractivity (Wildman–Crippen MR) is 81.1 cm³/mol. The van der Waals surface area contributed by atoms with Crippen LogP contribution in [0.2, 0.25) is 0 Å². The van der Waals surface area contributed by atoms with E-state index in [2.05, 4.69) is 48.4 Å². The molecule has 1 aromatic carbocycles. The minimum atomic E-state index is 0. The first-order chi connectivity index (χ1) is 9.15. The van der Waals surface area contributed by atoms with Crippen LogP contribution in [-0.2, 0) is 20.1 Å². The van der Waals surface area contributed by atoms with E-state index in [1.807, 2.05) is 23.6 Å². The van der Waals surface area contributed by atoms with Crippen molar-refractivity contribution in [3.8, 4) is 0 Å². The summed E-state index contributed by atoms with van der Waals surface area (Å²) >= 11 is 1.85. The van der Waals surface area contributed by atoms with Gasteiger partial charge in [-0.3, -0.25) is 4.98 Å². The molecule has 0 aliphatic carbocycles. The molecule has 3 aromatic heterocycles. The summed E-state index contributed by atoms with van der Waals surface area (Å²) in [5.74, 6) is 0. The molecule has 1 radical (unpaired) electrons. The van der Waals surface area contributed by atoms with Gasteiger partial charge < -0.3 is 4.40 Å². The molecule has 4 rings (SSSR count). The first-order valence-electron chi connectivity index (χ1n) is 6.33. The topological polar surface area (TPSA) is 17.3 Å². The maximum atomic E-state index is 4.57. The maximum Gasteiger partial charge on any atom is 0.0611 e. The van der Waals surface area contributed by atoms with Crippen molar-refractivity contribution in [3.05, 3.63) is 46.6 Å². The first kappa shape index (κ1) is 13.7. The Morgan fingerprint density at radius 1 is 1.20 bits per heavy atom. The Balaban J connectivity index is 0.00000121. The Kier molecular flexibility index (Phi) is 3.20. The van der Waals surface area contributed by atoms with Crippen molar-refractivity contribution in [1.82, 2.24) is 9.38 Å². The molecule has 103 valence electrons. The van der Waals surface area contributed by atoms with Crippen molar-refractivity contribution in [2.24, 2.45) is 0 Å². The van der Waals surface area contributed by atoms with E-state index in [9.17, 15) is 0 Å². The normalized spacial score (nSPS) is 11.3. The van der Waals surface area contributed by atoms with Gasteiger partial charge in [0.2, 0.25) is 0 Å². The van der Waals surface area contributed by atoms with Crippen molar-refractivity contribution in [1.29, 1.82) is 0 Å². The Morgan fingerprint density at radius 3 is 2.80 bits per heavy atom. The number of aryl methyl sites for hydroxylation is 3. The fourth-order valence-corrected chi connectivity index (χ4v) is 3.76. The van der Waals surface area contributed by atoms with Crippen LogP contribution in [0.25, 0.3) is 26.6 Å². The molecule has 0 N–H and O–H groups in total. The molecule has 0 spiro atoms. The quantitative estimate of drug-likeness (QED) is 0.357. The van der Waals surface area contributed by atoms with Gasteiger partial charge in [0.05, 0.1) is 5.65 Å². The molecule has 0 atom stereocenters. The van der Waals surface area contributed by atoms with E-state index < -0.39 is 0 Å². The molecule has 20 heavy (non-hydrogen) atoms. The molecular formula is C16H13IrN2S-. The first-order valence-corrected chi connectivity index (χ1v) is 7.15. The van der Waals surface area contributed by atoms with Crippen LogP contribution in [-0.4, -0.2) is 9.38 Å². The Hall–Kier alpha value is -1.22. The van der Waals surface area contributed by atoms with Crippen molar-refractivity contribution in [3.63, 3.8) is 0 Å². The zero-order valence-corrected chi connectivity index (χ0v) is 14.7. The molecule has 0 bridgehead atoms. The minimum Gasteiger partial charge on any atom is -0.337 e. The average Bonchev–Trinajstić information content (AvgIpc) is 2.92. The molecule has 0 fully saturated rings. The summed E-state index contributed by atoms with van der Waals surface area (Å²) in [6.45, 7) is 6.38. The molecule has 3 heterocycles. The number of thiophene rings is 1. The molecule has 2 nitrogen and oxygen atoms in total. The standard InChI is InChI=1S/C16H13N2S.Ir/c1-9-4-5-12-13(6-9)15-14(7-11(3)19-15)18-10(2)8-17-16(12)18;/h4,6-8H,1-3H3;/q-1;. The third-order valence-electron chi connectivity index (χ3n) is 3.57. The SMILES string of the molecule is Cc1c[c-]c2c(c1)c1sc(C)cc1n1c(C)cnc21.[Ir]. The summed E-state index contributed by atoms with van der Waals surface area (Å²) in [6.07, 6.45) is 1.94. The maximum absolute atomic E-state index is 4.57. The second-order valence-electron chi connectivity index (χ2n) is 5.10. The van der Waals surface area contributed by atoms with Gasteiger partial charge in [-0.2, -0.15) is 0 Å². The van der Waals surface area contributed by atoms with Crippen molar-refractivity contribution < 1.29 is 20.1 Å². The van der Waals surface area contributed by atoms with Gasteiger partial charge in [-0.1, -0.05) is 17.7 Å². The number of pyridine rings is 1. The van der Waals surface area contributed by atoms with E-state index in [0.717, 1.165) is 11.0 Å². The summed E-state index contributed by atoms with van der Waals surface area (Å²) in [6, 6.07) is 9.94. The fraction of sp³-hybridized carbons (Fsp3) is 0.188. The average molecular weight is 458 g/mol. The largest absolute Gasteiger partial charge is 0.337 e.